The zero-order valence-corrected chi connectivity index (χ0v) is 8.79. The summed E-state index contributed by atoms with van der Waals surface area (Å²) in [7, 11) is 0. The predicted octanol–water partition coefficient (Wildman–Crippen LogP) is -0.864. The topological polar surface area (TPSA) is 115 Å². The van der Waals surface area contributed by atoms with E-state index >= 15 is 0 Å². The van der Waals surface area contributed by atoms with Crippen molar-refractivity contribution in [2.24, 2.45) is 27.2 Å². The van der Waals surface area contributed by atoms with E-state index < -0.39 is 5.79 Å². The Bertz CT molecular complexity index is 409. The maximum Gasteiger partial charge on any atom is 0.222 e. The van der Waals surface area contributed by atoms with E-state index in [-0.39, 0.29) is 11.9 Å². The Morgan fingerprint density at radius 1 is 1.47 bits per heavy atom. The molecule has 80 valence electrons. The molecule has 0 fully saturated rings. The first-order chi connectivity index (χ1) is 7.07. The monoisotopic (exact) mass is 224 g/mol. The van der Waals surface area contributed by atoms with Gasteiger partial charge in [0.2, 0.25) is 5.96 Å². The molecule has 1 unspecified atom stereocenters. The lowest BCUT2D eigenvalue weighted by Crippen LogP contribution is -2.61. The maximum atomic E-state index is 6.00. The number of guanidine groups is 2. The van der Waals surface area contributed by atoms with E-state index in [4.69, 9.17) is 17.2 Å². The average molecular weight is 224 g/mol. The van der Waals surface area contributed by atoms with Crippen LogP contribution in [0.1, 0.15) is 4.88 Å². The normalized spacial score (nSPS) is 25.4. The third-order valence-corrected chi connectivity index (χ3v) is 2.79. The number of hydrogen-bond acceptors (Lipinski definition) is 7. The summed E-state index contributed by atoms with van der Waals surface area (Å²) in [5.74, 6) is -0.687. The second-order valence-electron chi connectivity index (χ2n) is 3.27. The fourth-order valence-corrected chi connectivity index (χ4v) is 2.19. The highest BCUT2D eigenvalue weighted by Gasteiger charge is 2.28. The van der Waals surface area contributed by atoms with Crippen molar-refractivity contribution in [3.8, 4) is 0 Å². The second kappa shape index (κ2) is 3.52. The van der Waals surface area contributed by atoms with E-state index in [0.717, 1.165) is 4.88 Å². The van der Waals surface area contributed by atoms with E-state index in [9.17, 15) is 0 Å². The lowest BCUT2D eigenvalue weighted by Gasteiger charge is -2.29. The van der Waals surface area contributed by atoms with E-state index in [0.29, 0.717) is 6.42 Å². The van der Waals surface area contributed by atoms with Gasteiger partial charge in [0.25, 0.3) is 0 Å². The molecule has 15 heavy (non-hydrogen) atoms. The molecular formula is C8H12N6S. The minimum absolute atomic E-state index is 0.102. The number of nitrogens with zero attached hydrogens (tertiary/aromatic N) is 2. The van der Waals surface area contributed by atoms with Crippen molar-refractivity contribution in [1.82, 2.24) is 5.32 Å². The quantitative estimate of drug-likeness (QED) is 0.523. The van der Waals surface area contributed by atoms with Crippen LogP contribution in [0.2, 0.25) is 0 Å². The molecule has 7 heteroatoms. The maximum absolute atomic E-state index is 6.00. The van der Waals surface area contributed by atoms with Crippen LogP contribution < -0.4 is 22.5 Å². The van der Waals surface area contributed by atoms with Crippen LogP contribution >= 0.6 is 11.3 Å². The van der Waals surface area contributed by atoms with Gasteiger partial charge in [-0.05, 0) is 11.4 Å². The van der Waals surface area contributed by atoms with Gasteiger partial charge in [-0.1, -0.05) is 6.07 Å². The summed E-state index contributed by atoms with van der Waals surface area (Å²) in [6, 6.07) is 3.94. The first kappa shape index (κ1) is 9.94. The zero-order valence-electron chi connectivity index (χ0n) is 7.97. The van der Waals surface area contributed by atoms with Crippen LogP contribution in [0.4, 0.5) is 0 Å². The lowest BCUT2D eigenvalue weighted by atomic mass is 10.2. The Morgan fingerprint density at radius 2 is 2.27 bits per heavy atom. The Morgan fingerprint density at radius 3 is 2.87 bits per heavy atom. The van der Waals surface area contributed by atoms with Gasteiger partial charge in [0.15, 0.2) is 11.7 Å². The molecule has 0 saturated carbocycles. The van der Waals surface area contributed by atoms with Crippen LogP contribution in [0.25, 0.3) is 0 Å². The zero-order chi connectivity index (χ0) is 10.9. The number of rotatable bonds is 2. The van der Waals surface area contributed by atoms with Gasteiger partial charge >= 0.3 is 0 Å². The number of nitrogens with two attached hydrogens (primary N) is 3. The Hall–Kier alpha value is -1.60. The molecule has 1 aromatic heterocycles. The summed E-state index contributed by atoms with van der Waals surface area (Å²) >= 11 is 1.61. The molecule has 1 aromatic rings. The van der Waals surface area contributed by atoms with Crippen LogP contribution in [-0.2, 0) is 6.42 Å². The number of thiophene rings is 1. The predicted molar refractivity (Wildman–Crippen MR) is 61.3 cm³/mol. The molecule has 0 bridgehead atoms. The minimum Gasteiger partial charge on any atom is -0.369 e. The van der Waals surface area contributed by atoms with Gasteiger partial charge in [-0.2, -0.15) is 4.99 Å². The highest BCUT2D eigenvalue weighted by atomic mass is 32.1. The highest BCUT2D eigenvalue weighted by Crippen LogP contribution is 2.16. The summed E-state index contributed by atoms with van der Waals surface area (Å²) < 4.78 is 0. The highest BCUT2D eigenvalue weighted by molar-refractivity contribution is 7.09. The van der Waals surface area contributed by atoms with Crippen LogP contribution in [0.15, 0.2) is 27.5 Å². The second-order valence-corrected chi connectivity index (χ2v) is 4.30. The molecular weight excluding hydrogens is 212 g/mol. The van der Waals surface area contributed by atoms with Crippen molar-refractivity contribution in [3.63, 3.8) is 0 Å². The molecule has 1 aliphatic rings. The Labute approximate surface area is 90.9 Å². The minimum atomic E-state index is -0.985. The van der Waals surface area contributed by atoms with Crippen molar-refractivity contribution in [2.45, 2.75) is 12.2 Å². The number of nitrogens with one attached hydrogen (secondary N) is 1. The summed E-state index contributed by atoms with van der Waals surface area (Å²) in [5, 5.41) is 4.78. The molecule has 1 aliphatic heterocycles. The summed E-state index contributed by atoms with van der Waals surface area (Å²) in [6.07, 6.45) is 0.529. The third kappa shape index (κ3) is 2.25. The first-order valence-electron chi connectivity index (χ1n) is 4.36. The molecule has 2 heterocycles. The van der Waals surface area contributed by atoms with Gasteiger partial charge in [-0.25, -0.2) is 4.99 Å². The van der Waals surface area contributed by atoms with Gasteiger partial charge in [0, 0.05) is 11.3 Å². The molecule has 6 nitrogen and oxygen atoms in total. The van der Waals surface area contributed by atoms with Gasteiger partial charge in [-0.15, -0.1) is 11.3 Å². The molecule has 0 spiro atoms. The molecule has 0 aromatic carbocycles. The molecule has 1 atom stereocenters. The van der Waals surface area contributed by atoms with Crippen molar-refractivity contribution >= 4 is 23.3 Å². The van der Waals surface area contributed by atoms with Crippen LogP contribution in [-0.4, -0.2) is 17.7 Å². The van der Waals surface area contributed by atoms with Crippen LogP contribution in [0.5, 0.6) is 0 Å². The van der Waals surface area contributed by atoms with Gasteiger partial charge < -0.3 is 16.8 Å². The van der Waals surface area contributed by atoms with E-state index in [1.807, 2.05) is 17.5 Å². The van der Waals surface area contributed by atoms with E-state index in [1.54, 1.807) is 11.3 Å². The first-order valence-corrected chi connectivity index (χ1v) is 5.24. The standard InChI is InChI=1S/C8H12N6S/c9-6-12-7(10)14-8(11,13-6)4-5-2-1-3-15-5/h1-3H,4,11H2,(H5,9,10,12,13,14). The molecule has 7 N–H and O–H groups in total. The smallest absolute Gasteiger partial charge is 0.222 e. The van der Waals surface area contributed by atoms with Crippen LogP contribution in [0, 0.1) is 0 Å². The third-order valence-electron chi connectivity index (χ3n) is 1.92. The fraction of sp³-hybridized carbons (Fsp3) is 0.250. The average Bonchev–Trinajstić information content (AvgIpc) is 2.52. The molecule has 0 aliphatic carbocycles. The van der Waals surface area contributed by atoms with Crippen molar-refractivity contribution in [2.75, 3.05) is 0 Å². The fourth-order valence-electron chi connectivity index (χ4n) is 1.39. The molecule has 0 radical (unpaired) electrons. The molecule has 2 rings (SSSR count). The number of hydrogen-bond donors (Lipinski definition) is 4. The summed E-state index contributed by atoms with van der Waals surface area (Å²) in [6.45, 7) is 0. The van der Waals surface area contributed by atoms with Crippen molar-refractivity contribution < 1.29 is 0 Å². The largest absolute Gasteiger partial charge is 0.369 e. The number of aliphatic imine (C=N–C) groups is 2. The SMILES string of the molecule is NC1=NC(N)(Cc2cccs2)NC(N)=N1. The van der Waals surface area contributed by atoms with Crippen LogP contribution in [0.3, 0.4) is 0 Å². The summed E-state index contributed by atoms with van der Waals surface area (Å²) in [4.78, 5) is 8.89. The lowest BCUT2D eigenvalue weighted by molar-refractivity contribution is 0.405. The van der Waals surface area contributed by atoms with Gasteiger partial charge in [0.1, 0.15) is 0 Å². The van der Waals surface area contributed by atoms with Gasteiger partial charge in [0.05, 0.1) is 0 Å². The summed E-state index contributed by atoms with van der Waals surface area (Å²) in [5.41, 5.74) is 17.0. The van der Waals surface area contributed by atoms with E-state index in [2.05, 4.69) is 15.3 Å². The van der Waals surface area contributed by atoms with Crippen molar-refractivity contribution in [1.29, 1.82) is 0 Å². The Balaban J connectivity index is 2.18. The van der Waals surface area contributed by atoms with E-state index in [1.165, 1.54) is 0 Å². The Kier molecular flexibility index (Phi) is 2.33. The van der Waals surface area contributed by atoms with Crippen molar-refractivity contribution in [3.05, 3.63) is 22.4 Å². The van der Waals surface area contributed by atoms with Gasteiger partial charge in [-0.3, -0.25) is 5.73 Å². The molecule has 0 saturated heterocycles. The molecule has 0 amide bonds.